The van der Waals surface area contributed by atoms with Gasteiger partial charge in [0, 0.05) is 16.2 Å². The standard InChI is InChI=1S/C46H28O/c1-2-12-33-28-34(25-22-29(33)10-1)30-20-23-32(24-21-30)43-36-14-5-7-16-38(36)44(39-17-8-6-15-37(39)43)40-18-9-19-42-45(40)41-27-26-31-11-3-4-13-35(31)46(41)47-42/h1-28H/i1D,2D,3D,4D,9D,10D,11D,12D,13D,18D,19D,22D,25D,26D,27D,28D. The van der Waals surface area contributed by atoms with Crippen LogP contribution in [0.2, 0.25) is 0 Å². The molecule has 0 saturated heterocycles. The first-order valence-electron chi connectivity index (χ1n) is 22.9. The van der Waals surface area contributed by atoms with Crippen molar-refractivity contribution in [2.45, 2.75) is 0 Å². The molecule has 1 heteroatoms. The maximum Gasteiger partial charge on any atom is 0.143 e. The lowest BCUT2D eigenvalue weighted by atomic mass is 9.84. The van der Waals surface area contributed by atoms with Crippen molar-refractivity contribution >= 4 is 65.0 Å². The topological polar surface area (TPSA) is 13.1 Å². The maximum absolute atomic E-state index is 9.45. The van der Waals surface area contributed by atoms with Gasteiger partial charge in [0.15, 0.2) is 0 Å². The Kier molecular flexibility index (Phi) is 3.23. The average molecular weight is 613 g/mol. The van der Waals surface area contributed by atoms with E-state index in [9.17, 15) is 2.74 Å². The van der Waals surface area contributed by atoms with E-state index in [0.717, 1.165) is 5.56 Å². The van der Waals surface area contributed by atoms with Crippen LogP contribution >= 0.6 is 0 Å². The van der Waals surface area contributed by atoms with Crippen LogP contribution in [0.4, 0.5) is 0 Å². The molecule has 1 nitrogen and oxygen atoms in total. The fraction of sp³-hybridized carbons (Fsp3) is 0. The number of fused-ring (bicyclic) bond motifs is 8. The van der Waals surface area contributed by atoms with Gasteiger partial charge in [-0.25, -0.2) is 0 Å². The Morgan fingerprint density at radius 2 is 1.02 bits per heavy atom. The van der Waals surface area contributed by atoms with Crippen molar-refractivity contribution in [3.8, 4) is 33.4 Å². The molecule has 218 valence electrons. The summed E-state index contributed by atoms with van der Waals surface area (Å²) < 4.78 is 146. The normalized spacial score (nSPS) is 16.6. The number of hydrogen-bond acceptors (Lipinski definition) is 1. The summed E-state index contributed by atoms with van der Waals surface area (Å²) in [5, 5.41) is 1.97. The van der Waals surface area contributed by atoms with Crippen LogP contribution in [0, 0.1) is 0 Å². The zero-order chi connectivity index (χ0) is 44.8. The Morgan fingerprint density at radius 3 is 1.77 bits per heavy atom. The van der Waals surface area contributed by atoms with Gasteiger partial charge in [0.1, 0.15) is 11.2 Å². The third-order valence-electron chi connectivity index (χ3n) is 8.64. The molecule has 0 bridgehead atoms. The van der Waals surface area contributed by atoms with Crippen LogP contribution in [-0.2, 0) is 0 Å². The van der Waals surface area contributed by atoms with Crippen molar-refractivity contribution in [2.75, 3.05) is 0 Å². The molecule has 0 aliphatic carbocycles. The van der Waals surface area contributed by atoms with Crippen molar-refractivity contribution in [1.82, 2.24) is 0 Å². The van der Waals surface area contributed by atoms with Crippen LogP contribution in [0.3, 0.4) is 0 Å². The Bertz CT molecular complexity index is 3690. The molecule has 0 fully saturated rings. The third-order valence-corrected chi connectivity index (χ3v) is 8.64. The predicted octanol–water partition coefficient (Wildman–Crippen LogP) is 13.2. The zero-order valence-electron chi connectivity index (χ0n) is 40.3. The summed E-state index contributed by atoms with van der Waals surface area (Å²) in [6.45, 7) is 0. The van der Waals surface area contributed by atoms with Gasteiger partial charge in [0.2, 0.25) is 0 Å². The Balaban J connectivity index is 1.27. The van der Waals surface area contributed by atoms with Gasteiger partial charge in [-0.2, -0.15) is 0 Å². The van der Waals surface area contributed by atoms with Gasteiger partial charge in [-0.3, -0.25) is 0 Å². The van der Waals surface area contributed by atoms with Crippen molar-refractivity contribution in [1.29, 1.82) is 0 Å². The summed E-state index contributed by atoms with van der Waals surface area (Å²) in [5.74, 6) is 0. The van der Waals surface area contributed by atoms with Crippen molar-refractivity contribution in [3.63, 3.8) is 0 Å². The van der Waals surface area contributed by atoms with Gasteiger partial charge in [0.05, 0.1) is 21.9 Å². The minimum absolute atomic E-state index is 0.0278. The molecule has 0 saturated carbocycles. The molecule has 0 aliphatic rings. The molecule has 0 N–H and O–H groups in total. The molecule has 0 atom stereocenters. The fourth-order valence-corrected chi connectivity index (χ4v) is 6.59. The van der Waals surface area contributed by atoms with Crippen LogP contribution in [-0.4, -0.2) is 0 Å². The minimum Gasteiger partial charge on any atom is -0.455 e. The summed E-state index contributed by atoms with van der Waals surface area (Å²) in [6.07, 6.45) is 0. The summed E-state index contributed by atoms with van der Waals surface area (Å²) in [5.41, 5.74) is 2.13. The highest BCUT2D eigenvalue weighted by molar-refractivity contribution is 6.27. The highest BCUT2D eigenvalue weighted by Crippen LogP contribution is 2.47. The third kappa shape index (κ3) is 3.97. The van der Waals surface area contributed by atoms with E-state index in [-0.39, 0.29) is 72.7 Å². The molecule has 10 rings (SSSR count). The highest BCUT2D eigenvalue weighted by atomic mass is 16.3. The van der Waals surface area contributed by atoms with Crippen LogP contribution in [0.1, 0.15) is 21.9 Å². The maximum atomic E-state index is 9.45. The summed E-state index contributed by atoms with van der Waals surface area (Å²) >= 11 is 0. The van der Waals surface area contributed by atoms with E-state index in [2.05, 4.69) is 0 Å². The van der Waals surface area contributed by atoms with Crippen molar-refractivity contribution in [2.24, 2.45) is 0 Å². The molecular weight excluding hydrogens is 569 g/mol. The quantitative estimate of drug-likeness (QED) is 0.181. The molecule has 47 heavy (non-hydrogen) atoms. The van der Waals surface area contributed by atoms with Gasteiger partial charge < -0.3 is 4.42 Å². The number of hydrogen-bond donors (Lipinski definition) is 0. The van der Waals surface area contributed by atoms with Gasteiger partial charge in [-0.05, 0) is 89.2 Å². The first-order chi connectivity index (χ1) is 30.0. The predicted molar refractivity (Wildman–Crippen MR) is 200 cm³/mol. The number of benzene rings is 9. The van der Waals surface area contributed by atoms with Crippen LogP contribution < -0.4 is 0 Å². The number of rotatable bonds is 3. The molecule has 0 amide bonds. The van der Waals surface area contributed by atoms with Crippen LogP contribution in [0.15, 0.2) is 174 Å². The van der Waals surface area contributed by atoms with Crippen molar-refractivity contribution in [3.05, 3.63) is 169 Å². The Labute approximate surface area is 294 Å². The van der Waals surface area contributed by atoms with E-state index in [4.69, 9.17) is 23.6 Å². The minimum atomic E-state index is -0.580. The lowest BCUT2D eigenvalue weighted by Gasteiger charge is -2.18. The van der Waals surface area contributed by atoms with Crippen LogP contribution in [0.5, 0.6) is 0 Å². The van der Waals surface area contributed by atoms with Gasteiger partial charge in [0.25, 0.3) is 0 Å². The molecule has 9 aromatic carbocycles. The lowest BCUT2D eigenvalue weighted by molar-refractivity contribution is 0.673. The highest BCUT2D eigenvalue weighted by Gasteiger charge is 2.20. The Morgan fingerprint density at radius 1 is 0.404 bits per heavy atom. The second-order valence-corrected chi connectivity index (χ2v) is 11.2. The molecule has 0 radical (unpaired) electrons. The average Bonchev–Trinajstić information content (AvgIpc) is 3.68. The van der Waals surface area contributed by atoms with E-state index in [0.29, 0.717) is 38.2 Å². The second-order valence-electron chi connectivity index (χ2n) is 11.2. The lowest BCUT2D eigenvalue weighted by Crippen LogP contribution is -1.91. The molecule has 0 spiro atoms. The monoisotopic (exact) mass is 612 g/mol. The SMILES string of the molecule is [2H]c1c([2H])c(-c2c3ccccc3c(-c3ccc(-c4c([2H])c([2H])c5c([2H])c([2H])c([2H])c([2H])c5c4[2H])cc3)c3ccccc23)c2c(oc3c4c([2H])c([2H])c([2H])c([2H])c4c([2H])c([2H])c32)c1[2H]. The first-order valence-corrected chi connectivity index (χ1v) is 14.9. The van der Waals surface area contributed by atoms with Crippen LogP contribution in [0.25, 0.3) is 98.4 Å². The smallest absolute Gasteiger partial charge is 0.143 e. The Hall–Kier alpha value is -6.18. The molecule has 1 heterocycles. The first kappa shape index (κ1) is 14.9. The van der Waals surface area contributed by atoms with Gasteiger partial charge in [-0.1, -0.05) is 151 Å². The molecule has 0 unspecified atom stereocenters. The molecular formula is C46H28O. The molecule has 1 aromatic heterocycles. The van der Waals surface area contributed by atoms with E-state index in [1.165, 1.54) is 0 Å². The van der Waals surface area contributed by atoms with E-state index < -0.39 is 78.6 Å². The summed E-state index contributed by atoms with van der Waals surface area (Å²) in [6, 6.07) is 14.2. The van der Waals surface area contributed by atoms with E-state index in [1.54, 1.807) is 24.3 Å². The fourth-order valence-electron chi connectivity index (χ4n) is 6.59. The van der Waals surface area contributed by atoms with Gasteiger partial charge in [-0.15, -0.1) is 0 Å². The van der Waals surface area contributed by atoms with Gasteiger partial charge >= 0.3 is 0 Å². The number of furan rings is 1. The molecule has 0 aliphatic heterocycles. The summed E-state index contributed by atoms with van der Waals surface area (Å²) in [4.78, 5) is 0. The zero-order valence-corrected chi connectivity index (χ0v) is 24.3. The van der Waals surface area contributed by atoms with E-state index in [1.807, 2.05) is 48.5 Å². The molecule has 10 aromatic rings. The van der Waals surface area contributed by atoms with Crippen molar-refractivity contribution < 1.29 is 26.3 Å². The largest absolute Gasteiger partial charge is 0.455 e. The summed E-state index contributed by atoms with van der Waals surface area (Å²) in [7, 11) is 0. The van der Waals surface area contributed by atoms with E-state index >= 15 is 0 Å². The second kappa shape index (κ2) is 10.2.